The van der Waals surface area contributed by atoms with Crippen LogP contribution in [0.4, 0.5) is 5.69 Å². The van der Waals surface area contributed by atoms with E-state index in [9.17, 15) is 10.1 Å². The minimum Gasteiger partial charge on any atom is -0.258 e. The van der Waals surface area contributed by atoms with Crippen LogP contribution in [0.5, 0.6) is 0 Å². The van der Waals surface area contributed by atoms with E-state index >= 15 is 0 Å². The second-order valence-corrected chi connectivity index (χ2v) is 5.67. The molecule has 1 rings (SSSR count). The van der Waals surface area contributed by atoms with Crippen molar-refractivity contribution in [3.05, 3.63) is 38.3 Å². The molecule has 0 saturated heterocycles. The third-order valence-corrected chi connectivity index (χ3v) is 2.78. The molecular formula is C9H11BrNO3S+. The SMILES string of the molecule is C[S+](C)OCc1ccc(Br)cc1[N+](=O)[O-]. The van der Waals surface area contributed by atoms with Crippen molar-refractivity contribution in [2.24, 2.45) is 0 Å². The van der Waals surface area contributed by atoms with E-state index in [1.165, 1.54) is 6.07 Å². The van der Waals surface area contributed by atoms with Gasteiger partial charge in [-0.15, -0.1) is 0 Å². The highest BCUT2D eigenvalue weighted by Crippen LogP contribution is 2.24. The molecule has 1 aromatic rings. The van der Waals surface area contributed by atoms with E-state index in [2.05, 4.69) is 15.9 Å². The van der Waals surface area contributed by atoms with Gasteiger partial charge in [0.05, 0.1) is 10.5 Å². The highest BCUT2D eigenvalue weighted by atomic mass is 79.9. The number of hydrogen-bond donors (Lipinski definition) is 0. The molecule has 0 fully saturated rings. The van der Waals surface area contributed by atoms with Crippen molar-refractivity contribution in [3.63, 3.8) is 0 Å². The first-order valence-electron chi connectivity index (χ1n) is 4.14. The smallest absolute Gasteiger partial charge is 0.258 e. The van der Waals surface area contributed by atoms with Crippen molar-refractivity contribution in [1.82, 2.24) is 0 Å². The van der Waals surface area contributed by atoms with Gasteiger partial charge in [-0.05, 0) is 12.1 Å². The van der Waals surface area contributed by atoms with Crippen LogP contribution < -0.4 is 0 Å². The van der Waals surface area contributed by atoms with Gasteiger partial charge in [0.15, 0.2) is 0 Å². The quantitative estimate of drug-likeness (QED) is 0.487. The van der Waals surface area contributed by atoms with Crippen LogP contribution in [0, 0.1) is 10.1 Å². The molecule has 0 amide bonds. The predicted octanol–water partition coefficient (Wildman–Crippen LogP) is 2.67. The summed E-state index contributed by atoms with van der Waals surface area (Å²) in [4.78, 5) is 10.4. The van der Waals surface area contributed by atoms with Crippen LogP contribution in [0.3, 0.4) is 0 Å². The average molecular weight is 293 g/mol. The van der Waals surface area contributed by atoms with E-state index in [0.29, 0.717) is 10.0 Å². The Morgan fingerprint density at radius 3 is 2.73 bits per heavy atom. The summed E-state index contributed by atoms with van der Waals surface area (Å²) in [6, 6.07) is 4.96. The molecule has 6 heteroatoms. The zero-order valence-electron chi connectivity index (χ0n) is 8.40. The Hall–Kier alpha value is -0.590. The van der Waals surface area contributed by atoms with Gasteiger partial charge in [0.1, 0.15) is 30.3 Å². The van der Waals surface area contributed by atoms with E-state index in [-0.39, 0.29) is 23.5 Å². The molecule has 0 heterocycles. The van der Waals surface area contributed by atoms with E-state index in [0.717, 1.165) is 0 Å². The first-order chi connectivity index (χ1) is 7.00. The van der Waals surface area contributed by atoms with Crippen molar-refractivity contribution < 1.29 is 9.11 Å². The zero-order chi connectivity index (χ0) is 11.4. The lowest BCUT2D eigenvalue weighted by atomic mass is 10.2. The van der Waals surface area contributed by atoms with E-state index in [1.807, 2.05) is 12.5 Å². The number of nitro groups is 1. The number of nitro benzene ring substituents is 1. The third-order valence-electron chi connectivity index (χ3n) is 1.69. The lowest BCUT2D eigenvalue weighted by Crippen LogP contribution is -2.03. The van der Waals surface area contributed by atoms with Gasteiger partial charge >= 0.3 is 0 Å². The standard InChI is InChI=1S/C9H11BrNO3S/c1-15(2)14-6-7-3-4-8(10)5-9(7)11(12)13/h3-5H,6H2,1-2H3/q+1. The van der Waals surface area contributed by atoms with Crippen LogP contribution in [0.15, 0.2) is 22.7 Å². The van der Waals surface area contributed by atoms with Gasteiger partial charge in [0, 0.05) is 10.5 Å². The van der Waals surface area contributed by atoms with Crippen molar-refractivity contribution in [2.45, 2.75) is 6.61 Å². The summed E-state index contributed by atoms with van der Waals surface area (Å²) in [7, 11) is 0. The van der Waals surface area contributed by atoms with Gasteiger partial charge in [0.25, 0.3) is 5.69 Å². The van der Waals surface area contributed by atoms with Crippen LogP contribution >= 0.6 is 15.9 Å². The van der Waals surface area contributed by atoms with E-state index < -0.39 is 4.92 Å². The van der Waals surface area contributed by atoms with Crippen molar-refractivity contribution in [2.75, 3.05) is 12.5 Å². The summed E-state index contributed by atoms with van der Waals surface area (Å²) < 4.78 is 6.07. The lowest BCUT2D eigenvalue weighted by molar-refractivity contribution is -0.385. The fourth-order valence-corrected chi connectivity index (χ4v) is 1.72. The maximum Gasteiger partial charge on any atom is 0.276 e. The Morgan fingerprint density at radius 2 is 2.20 bits per heavy atom. The molecule has 0 aliphatic rings. The molecule has 0 saturated carbocycles. The van der Waals surface area contributed by atoms with Gasteiger partial charge < -0.3 is 0 Å². The van der Waals surface area contributed by atoms with Crippen LogP contribution in [-0.2, 0) is 22.0 Å². The second kappa shape index (κ2) is 5.48. The summed E-state index contributed by atoms with van der Waals surface area (Å²) in [6.07, 6.45) is 3.84. The molecule has 0 N–H and O–H groups in total. The highest BCUT2D eigenvalue weighted by molar-refractivity contribution is 9.10. The van der Waals surface area contributed by atoms with Crippen LogP contribution in [0.2, 0.25) is 0 Å². The van der Waals surface area contributed by atoms with Crippen molar-refractivity contribution in [3.8, 4) is 0 Å². The number of rotatable bonds is 4. The van der Waals surface area contributed by atoms with Gasteiger partial charge in [-0.25, -0.2) is 0 Å². The molecule has 0 aromatic heterocycles. The molecule has 15 heavy (non-hydrogen) atoms. The number of hydrogen-bond acceptors (Lipinski definition) is 3. The molecule has 82 valence electrons. The fraction of sp³-hybridized carbons (Fsp3) is 0.333. The average Bonchev–Trinajstić information content (AvgIpc) is 2.15. The summed E-state index contributed by atoms with van der Waals surface area (Å²) >= 11 is 3.02. The number of benzene rings is 1. The monoisotopic (exact) mass is 292 g/mol. The fourth-order valence-electron chi connectivity index (χ4n) is 1.01. The Kier molecular flexibility index (Phi) is 4.56. The molecule has 0 unspecified atom stereocenters. The van der Waals surface area contributed by atoms with Crippen LogP contribution in [0.25, 0.3) is 0 Å². The van der Waals surface area contributed by atoms with E-state index in [4.69, 9.17) is 4.18 Å². The summed E-state index contributed by atoms with van der Waals surface area (Å²) in [5, 5.41) is 10.8. The molecule has 0 atom stereocenters. The van der Waals surface area contributed by atoms with Gasteiger partial charge in [-0.3, -0.25) is 10.1 Å². The van der Waals surface area contributed by atoms with Crippen molar-refractivity contribution >= 4 is 32.8 Å². The number of nitrogens with zero attached hydrogens (tertiary/aromatic N) is 1. The molecule has 0 bridgehead atoms. The molecule has 1 aromatic carbocycles. The van der Waals surface area contributed by atoms with Gasteiger partial charge in [-0.1, -0.05) is 15.9 Å². The Morgan fingerprint density at radius 1 is 1.53 bits per heavy atom. The zero-order valence-corrected chi connectivity index (χ0v) is 10.8. The Balaban J connectivity index is 2.91. The topological polar surface area (TPSA) is 52.4 Å². The molecule has 0 radical (unpaired) electrons. The van der Waals surface area contributed by atoms with Gasteiger partial charge in [0.2, 0.25) is 0 Å². The third kappa shape index (κ3) is 3.81. The molecule has 0 aliphatic heterocycles. The number of halogens is 1. The Bertz CT molecular complexity index is 370. The molecule has 0 spiro atoms. The minimum atomic E-state index is -0.396. The second-order valence-electron chi connectivity index (χ2n) is 3.03. The largest absolute Gasteiger partial charge is 0.276 e. The first-order valence-corrected chi connectivity index (χ1v) is 6.90. The van der Waals surface area contributed by atoms with Crippen LogP contribution in [0.1, 0.15) is 5.56 Å². The molecule has 0 aliphatic carbocycles. The summed E-state index contributed by atoms with van der Waals surface area (Å²) in [5.74, 6) is 0. The normalized spacial score (nSPS) is 10.7. The lowest BCUT2D eigenvalue weighted by Gasteiger charge is -2.01. The molecular weight excluding hydrogens is 282 g/mol. The summed E-state index contributed by atoms with van der Waals surface area (Å²) in [6.45, 7) is 0.277. The van der Waals surface area contributed by atoms with E-state index in [1.54, 1.807) is 12.1 Å². The first kappa shape index (κ1) is 12.5. The van der Waals surface area contributed by atoms with Gasteiger partial charge in [-0.2, -0.15) is 4.18 Å². The van der Waals surface area contributed by atoms with Crippen LogP contribution in [-0.4, -0.2) is 17.4 Å². The minimum absolute atomic E-state index is 0.0924. The highest BCUT2D eigenvalue weighted by Gasteiger charge is 2.16. The Labute approximate surface area is 99.5 Å². The predicted molar refractivity (Wildman–Crippen MR) is 64.8 cm³/mol. The molecule has 4 nitrogen and oxygen atoms in total. The maximum atomic E-state index is 10.8. The maximum absolute atomic E-state index is 10.8. The summed E-state index contributed by atoms with van der Waals surface area (Å²) in [5.41, 5.74) is 0.694. The van der Waals surface area contributed by atoms with Crippen molar-refractivity contribution in [1.29, 1.82) is 0 Å².